The lowest BCUT2D eigenvalue weighted by Gasteiger charge is -2.04. The zero-order valence-electron chi connectivity index (χ0n) is 9.25. The Balaban J connectivity index is 2.52. The number of hydrogen-bond acceptors (Lipinski definition) is 4. The molecule has 1 aromatic carbocycles. The number of Topliss-reactive ketones (excluding diaryl/α,β-unsaturated/α-hetero) is 1. The van der Waals surface area contributed by atoms with E-state index < -0.39 is 21.4 Å². The van der Waals surface area contributed by atoms with Crippen molar-refractivity contribution in [2.24, 2.45) is 0 Å². The van der Waals surface area contributed by atoms with Crippen molar-refractivity contribution in [2.75, 3.05) is 12.0 Å². The van der Waals surface area contributed by atoms with Gasteiger partial charge in [0.05, 0.1) is 0 Å². The Morgan fingerprint density at radius 3 is 2.76 bits per heavy atom. The van der Waals surface area contributed by atoms with E-state index in [0.717, 1.165) is 11.6 Å². The molecular formula is C12H11NO3S. The van der Waals surface area contributed by atoms with Crippen LogP contribution in [0.4, 0.5) is 0 Å². The zero-order chi connectivity index (χ0) is 12.5. The molecule has 0 spiro atoms. The van der Waals surface area contributed by atoms with Gasteiger partial charge in [-0.05, 0) is 11.5 Å². The first kappa shape index (κ1) is 11.7. The van der Waals surface area contributed by atoms with Crippen molar-refractivity contribution in [3.05, 3.63) is 42.2 Å². The summed E-state index contributed by atoms with van der Waals surface area (Å²) < 4.78 is 22.2. The monoisotopic (exact) mass is 249 g/mol. The van der Waals surface area contributed by atoms with E-state index in [1.165, 1.54) is 0 Å². The van der Waals surface area contributed by atoms with E-state index in [-0.39, 0.29) is 0 Å². The molecule has 2 rings (SSSR count). The molecule has 0 atom stereocenters. The van der Waals surface area contributed by atoms with Crippen LogP contribution >= 0.6 is 0 Å². The summed E-state index contributed by atoms with van der Waals surface area (Å²) in [7, 11) is -3.31. The fourth-order valence-corrected chi connectivity index (χ4v) is 2.30. The molecule has 0 unspecified atom stereocenters. The fraction of sp³-hybridized carbons (Fsp3) is 0.167. The lowest BCUT2D eigenvalue weighted by Crippen LogP contribution is -2.14. The molecule has 0 saturated carbocycles. The Labute approximate surface area is 99.2 Å². The van der Waals surface area contributed by atoms with Crippen LogP contribution in [0.2, 0.25) is 0 Å². The van der Waals surface area contributed by atoms with Crippen LogP contribution in [0.25, 0.3) is 10.8 Å². The summed E-state index contributed by atoms with van der Waals surface area (Å²) in [5.41, 5.74) is 0.404. The number of carbonyl (C=O) groups excluding carboxylic acids is 1. The van der Waals surface area contributed by atoms with Crippen molar-refractivity contribution >= 4 is 26.4 Å². The van der Waals surface area contributed by atoms with E-state index in [2.05, 4.69) is 4.98 Å². The van der Waals surface area contributed by atoms with Gasteiger partial charge in [-0.2, -0.15) is 0 Å². The third-order valence-corrected chi connectivity index (χ3v) is 3.16. The van der Waals surface area contributed by atoms with E-state index in [9.17, 15) is 13.2 Å². The van der Waals surface area contributed by atoms with Gasteiger partial charge < -0.3 is 0 Å². The van der Waals surface area contributed by atoms with Gasteiger partial charge in [-0.3, -0.25) is 9.78 Å². The topological polar surface area (TPSA) is 64.1 Å². The number of benzene rings is 1. The number of fused-ring (bicyclic) bond motifs is 1. The molecule has 17 heavy (non-hydrogen) atoms. The quantitative estimate of drug-likeness (QED) is 0.772. The van der Waals surface area contributed by atoms with Gasteiger partial charge >= 0.3 is 0 Å². The van der Waals surface area contributed by atoms with Crippen LogP contribution in [0.15, 0.2) is 36.7 Å². The minimum absolute atomic E-state index is 0.397. The summed E-state index contributed by atoms with van der Waals surface area (Å²) in [5.74, 6) is -0.868. The van der Waals surface area contributed by atoms with E-state index >= 15 is 0 Å². The maximum atomic E-state index is 11.9. The first-order valence-electron chi connectivity index (χ1n) is 5.01. The highest BCUT2D eigenvalue weighted by atomic mass is 32.2. The summed E-state index contributed by atoms with van der Waals surface area (Å²) in [6, 6.07) is 7.00. The minimum Gasteiger partial charge on any atom is -0.293 e. The number of sulfone groups is 1. The molecular weight excluding hydrogens is 238 g/mol. The largest absolute Gasteiger partial charge is 0.293 e. The van der Waals surface area contributed by atoms with Gasteiger partial charge in [0, 0.05) is 29.6 Å². The van der Waals surface area contributed by atoms with Crippen LogP contribution in [0.1, 0.15) is 10.4 Å². The third kappa shape index (κ3) is 2.68. The Morgan fingerprint density at radius 2 is 2.06 bits per heavy atom. The summed E-state index contributed by atoms with van der Waals surface area (Å²) >= 11 is 0. The Morgan fingerprint density at radius 1 is 1.29 bits per heavy atom. The molecule has 0 fully saturated rings. The summed E-state index contributed by atoms with van der Waals surface area (Å²) in [6.07, 6.45) is 4.26. The highest BCUT2D eigenvalue weighted by Crippen LogP contribution is 2.18. The van der Waals surface area contributed by atoms with Crippen molar-refractivity contribution in [3.63, 3.8) is 0 Å². The summed E-state index contributed by atoms with van der Waals surface area (Å²) in [4.78, 5) is 15.8. The molecule has 1 heterocycles. The molecule has 88 valence electrons. The Bertz CT molecular complexity index is 672. The molecule has 0 N–H and O–H groups in total. The number of pyridine rings is 1. The second-order valence-electron chi connectivity index (χ2n) is 3.90. The second-order valence-corrected chi connectivity index (χ2v) is 6.04. The zero-order valence-corrected chi connectivity index (χ0v) is 10.1. The van der Waals surface area contributed by atoms with Crippen LogP contribution < -0.4 is 0 Å². The van der Waals surface area contributed by atoms with Crippen LogP contribution in [0.5, 0.6) is 0 Å². The van der Waals surface area contributed by atoms with E-state index in [1.807, 2.05) is 6.07 Å². The molecule has 0 aliphatic rings. The fourth-order valence-electron chi connectivity index (χ4n) is 1.67. The molecule has 0 aliphatic heterocycles. The van der Waals surface area contributed by atoms with Crippen molar-refractivity contribution in [3.8, 4) is 0 Å². The van der Waals surface area contributed by atoms with Gasteiger partial charge in [-0.15, -0.1) is 0 Å². The van der Waals surface area contributed by atoms with Crippen LogP contribution in [0, 0.1) is 0 Å². The lowest BCUT2D eigenvalue weighted by atomic mass is 10.0. The van der Waals surface area contributed by atoms with Gasteiger partial charge in [-0.25, -0.2) is 8.42 Å². The number of aromatic nitrogens is 1. The van der Waals surface area contributed by atoms with Gasteiger partial charge in [0.1, 0.15) is 5.75 Å². The predicted octanol–water partition coefficient (Wildman–Crippen LogP) is 1.46. The molecule has 0 bridgehead atoms. The molecule has 0 saturated heterocycles. The lowest BCUT2D eigenvalue weighted by molar-refractivity contribution is 0.102. The third-order valence-electron chi connectivity index (χ3n) is 2.38. The molecule has 1 aromatic heterocycles. The van der Waals surface area contributed by atoms with Gasteiger partial charge in [0.2, 0.25) is 0 Å². The first-order valence-corrected chi connectivity index (χ1v) is 7.07. The number of nitrogens with zero attached hydrogens (tertiary/aromatic N) is 1. The van der Waals surface area contributed by atoms with E-state index in [1.54, 1.807) is 30.6 Å². The van der Waals surface area contributed by atoms with Crippen molar-refractivity contribution in [1.29, 1.82) is 0 Å². The number of hydrogen-bond donors (Lipinski definition) is 0. The summed E-state index contributed by atoms with van der Waals surface area (Å²) in [6.45, 7) is 0. The number of rotatable bonds is 3. The van der Waals surface area contributed by atoms with Gasteiger partial charge in [-0.1, -0.05) is 18.2 Å². The highest BCUT2D eigenvalue weighted by Gasteiger charge is 2.15. The van der Waals surface area contributed by atoms with Crippen LogP contribution in [-0.2, 0) is 9.84 Å². The van der Waals surface area contributed by atoms with Gasteiger partial charge in [0.25, 0.3) is 0 Å². The van der Waals surface area contributed by atoms with Crippen molar-refractivity contribution in [2.45, 2.75) is 0 Å². The van der Waals surface area contributed by atoms with Crippen LogP contribution in [-0.4, -0.2) is 31.2 Å². The molecule has 4 nitrogen and oxygen atoms in total. The maximum absolute atomic E-state index is 11.9. The Hall–Kier alpha value is -1.75. The molecule has 0 amide bonds. The molecule has 5 heteroatoms. The second kappa shape index (κ2) is 4.25. The highest BCUT2D eigenvalue weighted by molar-refractivity contribution is 7.91. The Kier molecular flexibility index (Phi) is 2.93. The normalized spacial score (nSPS) is 11.6. The average Bonchev–Trinajstić information content (AvgIpc) is 2.26. The average molecular weight is 249 g/mol. The smallest absolute Gasteiger partial charge is 0.178 e. The predicted molar refractivity (Wildman–Crippen MR) is 65.8 cm³/mol. The van der Waals surface area contributed by atoms with Gasteiger partial charge in [0.15, 0.2) is 15.6 Å². The standard InChI is InChI=1S/C12H11NO3S/c1-17(15,16)8-12(14)10-4-2-3-9-5-6-13-7-11(9)10/h2-7H,8H2,1H3. The molecule has 2 aromatic rings. The molecule has 0 radical (unpaired) electrons. The SMILES string of the molecule is CS(=O)(=O)CC(=O)c1cccc2ccncc12. The van der Waals surface area contributed by atoms with E-state index in [4.69, 9.17) is 0 Å². The first-order chi connectivity index (χ1) is 7.97. The number of ketones is 1. The minimum atomic E-state index is -3.31. The van der Waals surface area contributed by atoms with Crippen LogP contribution in [0.3, 0.4) is 0 Å². The van der Waals surface area contributed by atoms with Crippen molar-refractivity contribution < 1.29 is 13.2 Å². The van der Waals surface area contributed by atoms with E-state index in [0.29, 0.717) is 10.9 Å². The van der Waals surface area contributed by atoms with Crippen molar-refractivity contribution in [1.82, 2.24) is 4.98 Å². The number of carbonyl (C=O) groups is 1. The molecule has 0 aliphatic carbocycles. The summed E-state index contributed by atoms with van der Waals surface area (Å²) in [5, 5.41) is 1.56. The maximum Gasteiger partial charge on any atom is 0.178 e.